The third-order valence-electron chi connectivity index (χ3n) is 5.71. The molecule has 0 heterocycles. The fourth-order valence-electron chi connectivity index (χ4n) is 4.13. The summed E-state index contributed by atoms with van der Waals surface area (Å²) in [5.74, 6) is 0.657. The number of hydrogen-bond donors (Lipinski definition) is 3. The van der Waals surface area contributed by atoms with Gasteiger partial charge in [0.15, 0.2) is 0 Å². The molecule has 0 spiro atoms. The van der Waals surface area contributed by atoms with E-state index in [-0.39, 0.29) is 22.9 Å². The normalized spacial score (nSPS) is 12.2. The molecule has 7 heteroatoms. The number of para-hydroxylation sites is 1. The van der Waals surface area contributed by atoms with Gasteiger partial charge in [0, 0.05) is 23.7 Å². The molecule has 3 aromatic carbocycles. The summed E-state index contributed by atoms with van der Waals surface area (Å²) in [5.41, 5.74) is 7.62. The molecule has 0 bridgehead atoms. The highest BCUT2D eigenvalue weighted by atomic mass is 35.5. The van der Waals surface area contributed by atoms with Crippen LogP contribution in [-0.4, -0.2) is 23.4 Å². The Kier molecular flexibility index (Phi) is 9.73. The molecular formula is C30H36ClN3O3. The number of nitrogens with two attached hydrogens (primary N) is 1. The molecule has 37 heavy (non-hydrogen) atoms. The van der Waals surface area contributed by atoms with Crippen molar-refractivity contribution >= 4 is 23.4 Å². The lowest BCUT2D eigenvalue weighted by molar-refractivity contribution is 0.0922. The molecule has 3 aromatic rings. The quantitative estimate of drug-likeness (QED) is 0.274. The van der Waals surface area contributed by atoms with Crippen molar-refractivity contribution in [3.8, 4) is 11.5 Å². The highest BCUT2D eigenvalue weighted by Crippen LogP contribution is 2.32. The molecule has 0 aliphatic rings. The van der Waals surface area contributed by atoms with Crippen LogP contribution in [0.4, 0.5) is 0 Å². The first-order valence-electron chi connectivity index (χ1n) is 12.5. The van der Waals surface area contributed by atoms with Crippen molar-refractivity contribution in [3.05, 3.63) is 94.5 Å². The van der Waals surface area contributed by atoms with Gasteiger partial charge in [-0.05, 0) is 68.5 Å². The number of halogens is 1. The van der Waals surface area contributed by atoms with E-state index in [1.807, 2.05) is 44.2 Å². The SMILES string of the molecule is CC(C)CC(CC(C)(C)N)NC(=O)c1ccc(Oc2ccccc2C(=O)NCc2ccccc2)c(Cl)c1. The van der Waals surface area contributed by atoms with E-state index in [9.17, 15) is 9.59 Å². The fraction of sp³-hybridized carbons (Fsp3) is 0.333. The van der Waals surface area contributed by atoms with Crippen molar-refractivity contribution in [2.24, 2.45) is 11.7 Å². The summed E-state index contributed by atoms with van der Waals surface area (Å²) in [6.45, 7) is 8.54. The summed E-state index contributed by atoms with van der Waals surface area (Å²) in [6, 6.07) is 21.5. The number of benzene rings is 3. The van der Waals surface area contributed by atoms with Crippen molar-refractivity contribution in [3.63, 3.8) is 0 Å². The zero-order chi connectivity index (χ0) is 27.0. The molecular weight excluding hydrogens is 486 g/mol. The van der Waals surface area contributed by atoms with Gasteiger partial charge in [0.2, 0.25) is 0 Å². The van der Waals surface area contributed by atoms with E-state index in [0.717, 1.165) is 12.0 Å². The van der Waals surface area contributed by atoms with Crippen LogP contribution in [0, 0.1) is 5.92 Å². The minimum Gasteiger partial charge on any atom is -0.455 e. The Labute approximate surface area is 224 Å². The van der Waals surface area contributed by atoms with Crippen LogP contribution in [0.5, 0.6) is 11.5 Å². The molecule has 0 aliphatic carbocycles. The van der Waals surface area contributed by atoms with E-state index in [1.54, 1.807) is 42.5 Å². The molecule has 3 rings (SSSR count). The maximum atomic E-state index is 13.0. The first kappa shape index (κ1) is 28.2. The predicted octanol–water partition coefficient (Wildman–Crippen LogP) is 6.33. The van der Waals surface area contributed by atoms with E-state index >= 15 is 0 Å². The second-order valence-corrected chi connectivity index (χ2v) is 10.8. The van der Waals surface area contributed by atoms with Crippen molar-refractivity contribution < 1.29 is 14.3 Å². The standard InChI is InChI=1S/C30H36ClN3O3/c1-20(2)16-23(18-30(3,4)32)34-28(35)22-14-15-27(25(31)17-22)37-26-13-9-8-12-24(26)29(36)33-19-21-10-6-5-7-11-21/h5-15,17,20,23H,16,18-19,32H2,1-4H3,(H,33,36)(H,34,35). The Balaban J connectivity index is 1.71. The van der Waals surface area contributed by atoms with Crippen LogP contribution in [0.3, 0.4) is 0 Å². The number of hydrogen-bond acceptors (Lipinski definition) is 4. The van der Waals surface area contributed by atoms with Crippen LogP contribution in [0.2, 0.25) is 5.02 Å². The monoisotopic (exact) mass is 521 g/mol. The molecule has 0 saturated carbocycles. The first-order chi connectivity index (χ1) is 17.5. The molecule has 0 fully saturated rings. The minimum absolute atomic E-state index is 0.0523. The van der Waals surface area contributed by atoms with Gasteiger partial charge < -0.3 is 21.1 Å². The Morgan fingerprint density at radius 3 is 2.27 bits per heavy atom. The van der Waals surface area contributed by atoms with E-state index in [0.29, 0.717) is 41.5 Å². The van der Waals surface area contributed by atoms with E-state index < -0.39 is 5.54 Å². The molecule has 2 amide bonds. The molecule has 0 radical (unpaired) electrons. The second-order valence-electron chi connectivity index (χ2n) is 10.4. The van der Waals surface area contributed by atoms with Crippen LogP contribution >= 0.6 is 11.6 Å². The maximum absolute atomic E-state index is 13.0. The maximum Gasteiger partial charge on any atom is 0.255 e. The molecule has 0 saturated heterocycles. The molecule has 1 atom stereocenters. The van der Waals surface area contributed by atoms with Gasteiger partial charge in [0.25, 0.3) is 11.8 Å². The van der Waals surface area contributed by atoms with Gasteiger partial charge >= 0.3 is 0 Å². The van der Waals surface area contributed by atoms with Crippen molar-refractivity contribution in [2.75, 3.05) is 0 Å². The van der Waals surface area contributed by atoms with Gasteiger partial charge in [-0.15, -0.1) is 0 Å². The fourth-order valence-corrected chi connectivity index (χ4v) is 4.35. The second kappa shape index (κ2) is 12.7. The van der Waals surface area contributed by atoms with Crippen molar-refractivity contribution in [1.82, 2.24) is 10.6 Å². The lowest BCUT2D eigenvalue weighted by atomic mass is 9.91. The van der Waals surface area contributed by atoms with Gasteiger partial charge in [0.05, 0.1) is 10.6 Å². The molecule has 0 aliphatic heterocycles. The lowest BCUT2D eigenvalue weighted by Crippen LogP contribution is -2.44. The van der Waals surface area contributed by atoms with E-state index in [4.69, 9.17) is 22.1 Å². The van der Waals surface area contributed by atoms with Crippen LogP contribution in [0.1, 0.15) is 66.8 Å². The number of ether oxygens (including phenoxy) is 1. The smallest absolute Gasteiger partial charge is 0.255 e. The van der Waals surface area contributed by atoms with Crippen molar-refractivity contribution in [2.45, 2.75) is 58.7 Å². The first-order valence-corrected chi connectivity index (χ1v) is 12.9. The minimum atomic E-state index is -0.400. The molecule has 196 valence electrons. The number of amides is 2. The predicted molar refractivity (Wildman–Crippen MR) is 149 cm³/mol. The molecule has 1 unspecified atom stereocenters. The lowest BCUT2D eigenvalue weighted by Gasteiger charge is -2.28. The summed E-state index contributed by atoms with van der Waals surface area (Å²) in [5, 5.41) is 6.28. The molecule has 0 aromatic heterocycles. The van der Waals surface area contributed by atoms with E-state index in [1.165, 1.54) is 0 Å². The molecule has 4 N–H and O–H groups in total. The number of rotatable bonds is 11. The molecule has 6 nitrogen and oxygen atoms in total. The number of nitrogens with one attached hydrogen (secondary N) is 2. The average Bonchev–Trinajstić information content (AvgIpc) is 2.83. The van der Waals surface area contributed by atoms with Gasteiger partial charge in [-0.25, -0.2) is 0 Å². The zero-order valence-electron chi connectivity index (χ0n) is 21.9. The average molecular weight is 522 g/mol. The van der Waals surface area contributed by atoms with Gasteiger partial charge in [-0.1, -0.05) is 67.9 Å². The van der Waals surface area contributed by atoms with Gasteiger partial charge in [-0.3, -0.25) is 9.59 Å². The Morgan fingerprint density at radius 2 is 1.62 bits per heavy atom. The summed E-state index contributed by atoms with van der Waals surface area (Å²) in [6.07, 6.45) is 1.49. The number of carbonyl (C=O) groups excluding carboxylic acids is 2. The third-order valence-corrected chi connectivity index (χ3v) is 6.00. The highest BCUT2D eigenvalue weighted by Gasteiger charge is 2.23. The van der Waals surface area contributed by atoms with Crippen LogP contribution in [0.25, 0.3) is 0 Å². The number of carbonyl (C=O) groups is 2. The summed E-state index contributed by atoms with van der Waals surface area (Å²) in [4.78, 5) is 25.8. The zero-order valence-corrected chi connectivity index (χ0v) is 22.6. The summed E-state index contributed by atoms with van der Waals surface area (Å²) in [7, 11) is 0. The van der Waals surface area contributed by atoms with Gasteiger partial charge in [-0.2, -0.15) is 0 Å². The Morgan fingerprint density at radius 1 is 0.946 bits per heavy atom. The summed E-state index contributed by atoms with van der Waals surface area (Å²) >= 11 is 6.50. The van der Waals surface area contributed by atoms with Crippen LogP contribution < -0.4 is 21.1 Å². The van der Waals surface area contributed by atoms with Crippen molar-refractivity contribution in [1.29, 1.82) is 0 Å². The van der Waals surface area contributed by atoms with E-state index in [2.05, 4.69) is 24.5 Å². The largest absolute Gasteiger partial charge is 0.455 e. The topological polar surface area (TPSA) is 93.4 Å². The highest BCUT2D eigenvalue weighted by molar-refractivity contribution is 6.32. The van der Waals surface area contributed by atoms with Crippen LogP contribution in [-0.2, 0) is 6.54 Å². The van der Waals surface area contributed by atoms with Crippen LogP contribution in [0.15, 0.2) is 72.8 Å². The summed E-state index contributed by atoms with van der Waals surface area (Å²) < 4.78 is 6.01. The third kappa shape index (κ3) is 8.92. The Hall–Kier alpha value is -3.35. The Bertz CT molecular complexity index is 1210. The van der Waals surface area contributed by atoms with Gasteiger partial charge in [0.1, 0.15) is 11.5 Å².